The molecule has 15 heavy (non-hydrogen) atoms. The molecule has 0 saturated carbocycles. The Morgan fingerprint density at radius 2 is 2.13 bits per heavy atom. The Kier molecular flexibility index (Phi) is 4.50. The van der Waals surface area contributed by atoms with Crippen LogP contribution in [0.4, 0.5) is 0 Å². The van der Waals surface area contributed by atoms with Gasteiger partial charge in [0.15, 0.2) is 0 Å². The molecule has 1 unspecified atom stereocenters. The normalized spacial score (nSPS) is 22.1. The van der Waals surface area contributed by atoms with Gasteiger partial charge in [-0.25, -0.2) is 5.01 Å². The summed E-state index contributed by atoms with van der Waals surface area (Å²) in [5.74, 6) is -0.105. The maximum Gasteiger partial charge on any atom is 0.254 e. The molecule has 1 aliphatic heterocycles. The fourth-order valence-electron chi connectivity index (χ4n) is 1.58. The molecule has 1 saturated heterocycles. The summed E-state index contributed by atoms with van der Waals surface area (Å²) in [6.07, 6.45) is 1.60. The number of carbonyl (C=O) groups excluding carboxylic acids is 1. The zero-order valence-electron chi connectivity index (χ0n) is 9.58. The Balaban J connectivity index is 2.39. The third-order valence-electron chi connectivity index (χ3n) is 2.56. The van der Waals surface area contributed by atoms with E-state index < -0.39 is 5.54 Å². The molecular weight excluding hydrogens is 194 g/mol. The van der Waals surface area contributed by atoms with E-state index in [2.05, 4.69) is 5.43 Å². The predicted octanol–water partition coefficient (Wildman–Crippen LogP) is -0.133. The number of hydrazine groups is 1. The number of morpholine rings is 1. The molecule has 1 amide bonds. The molecule has 0 aromatic carbocycles. The SMILES string of the molecule is CCCC(C)(N)C(=O)NN1CCOCC1. The highest BCUT2D eigenvalue weighted by atomic mass is 16.5. The molecule has 0 radical (unpaired) electrons. The Morgan fingerprint density at radius 3 is 2.67 bits per heavy atom. The minimum Gasteiger partial charge on any atom is -0.379 e. The zero-order valence-corrected chi connectivity index (χ0v) is 9.58. The van der Waals surface area contributed by atoms with Crippen LogP contribution in [0.3, 0.4) is 0 Å². The van der Waals surface area contributed by atoms with Gasteiger partial charge in [0.2, 0.25) is 0 Å². The maximum absolute atomic E-state index is 11.8. The lowest BCUT2D eigenvalue weighted by Crippen LogP contribution is -2.58. The van der Waals surface area contributed by atoms with Crippen molar-refractivity contribution in [3.05, 3.63) is 0 Å². The highest BCUT2D eigenvalue weighted by molar-refractivity contribution is 5.85. The summed E-state index contributed by atoms with van der Waals surface area (Å²) < 4.78 is 5.19. The first kappa shape index (κ1) is 12.4. The molecule has 0 aromatic rings. The molecule has 0 aromatic heterocycles. The van der Waals surface area contributed by atoms with Crippen LogP contribution in [-0.4, -0.2) is 42.8 Å². The van der Waals surface area contributed by atoms with Crippen LogP contribution in [0.15, 0.2) is 0 Å². The predicted molar refractivity (Wildman–Crippen MR) is 58.0 cm³/mol. The van der Waals surface area contributed by atoms with Gasteiger partial charge in [0, 0.05) is 13.1 Å². The summed E-state index contributed by atoms with van der Waals surface area (Å²) in [5.41, 5.74) is 7.98. The van der Waals surface area contributed by atoms with E-state index in [0.717, 1.165) is 19.5 Å². The minimum absolute atomic E-state index is 0.105. The van der Waals surface area contributed by atoms with Crippen LogP contribution in [0.2, 0.25) is 0 Å². The van der Waals surface area contributed by atoms with Crippen molar-refractivity contribution in [2.75, 3.05) is 26.3 Å². The maximum atomic E-state index is 11.8. The topological polar surface area (TPSA) is 67.6 Å². The average molecular weight is 215 g/mol. The van der Waals surface area contributed by atoms with Crippen molar-refractivity contribution in [1.82, 2.24) is 10.4 Å². The molecule has 5 nitrogen and oxygen atoms in total. The van der Waals surface area contributed by atoms with E-state index in [1.54, 1.807) is 6.92 Å². The van der Waals surface area contributed by atoms with Crippen molar-refractivity contribution in [2.24, 2.45) is 5.73 Å². The largest absolute Gasteiger partial charge is 0.379 e. The van der Waals surface area contributed by atoms with E-state index in [4.69, 9.17) is 10.5 Å². The Hall–Kier alpha value is -0.650. The second-order valence-electron chi connectivity index (χ2n) is 4.21. The molecule has 0 aliphatic carbocycles. The fourth-order valence-corrected chi connectivity index (χ4v) is 1.58. The Labute approximate surface area is 90.9 Å². The second-order valence-corrected chi connectivity index (χ2v) is 4.21. The monoisotopic (exact) mass is 215 g/mol. The number of carbonyl (C=O) groups is 1. The minimum atomic E-state index is -0.771. The highest BCUT2D eigenvalue weighted by Gasteiger charge is 2.28. The van der Waals surface area contributed by atoms with Crippen LogP contribution in [-0.2, 0) is 9.53 Å². The Bertz CT molecular complexity index is 213. The number of hydrogen-bond acceptors (Lipinski definition) is 4. The molecule has 3 N–H and O–H groups in total. The van der Waals surface area contributed by atoms with Gasteiger partial charge in [0.05, 0.1) is 18.8 Å². The average Bonchev–Trinajstić information content (AvgIpc) is 2.19. The molecule has 5 heteroatoms. The van der Waals surface area contributed by atoms with Gasteiger partial charge in [-0.3, -0.25) is 10.2 Å². The van der Waals surface area contributed by atoms with Crippen molar-refractivity contribution in [3.63, 3.8) is 0 Å². The number of nitrogens with zero attached hydrogens (tertiary/aromatic N) is 1. The Morgan fingerprint density at radius 1 is 1.53 bits per heavy atom. The summed E-state index contributed by atoms with van der Waals surface area (Å²) in [6.45, 7) is 6.58. The summed E-state index contributed by atoms with van der Waals surface area (Å²) in [6, 6.07) is 0. The van der Waals surface area contributed by atoms with Gasteiger partial charge in [-0.1, -0.05) is 13.3 Å². The molecule has 1 heterocycles. The second kappa shape index (κ2) is 5.44. The van der Waals surface area contributed by atoms with Crippen molar-refractivity contribution in [2.45, 2.75) is 32.2 Å². The lowest BCUT2D eigenvalue weighted by Gasteiger charge is -2.31. The van der Waals surface area contributed by atoms with Crippen molar-refractivity contribution in [3.8, 4) is 0 Å². The molecule has 1 fully saturated rings. The molecule has 88 valence electrons. The standard InChI is InChI=1S/C10H21N3O2/c1-3-4-10(2,11)9(14)12-13-5-7-15-8-6-13/h3-8,11H2,1-2H3,(H,12,14). The molecule has 1 aliphatic rings. The summed E-state index contributed by atoms with van der Waals surface area (Å²) in [7, 11) is 0. The number of amides is 1. The summed E-state index contributed by atoms with van der Waals surface area (Å²) >= 11 is 0. The van der Waals surface area contributed by atoms with Crippen LogP contribution in [0.1, 0.15) is 26.7 Å². The molecule has 1 rings (SSSR count). The summed E-state index contributed by atoms with van der Waals surface area (Å²) in [4.78, 5) is 11.8. The molecular formula is C10H21N3O2. The zero-order chi connectivity index (χ0) is 11.3. The van der Waals surface area contributed by atoms with Gasteiger partial charge < -0.3 is 10.5 Å². The molecule has 1 atom stereocenters. The number of rotatable bonds is 4. The van der Waals surface area contributed by atoms with Crippen molar-refractivity contribution < 1.29 is 9.53 Å². The van der Waals surface area contributed by atoms with E-state index in [-0.39, 0.29) is 5.91 Å². The van der Waals surface area contributed by atoms with Gasteiger partial charge in [-0.05, 0) is 13.3 Å². The van der Waals surface area contributed by atoms with Crippen LogP contribution >= 0.6 is 0 Å². The first-order chi connectivity index (χ1) is 7.06. The number of hydrogen-bond donors (Lipinski definition) is 2. The van der Waals surface area contributed by atoms with E-state index >= 15 is 0 Å². The quantitative estimate of drug-likeness (QED) is 0.685. The fraction of sp³-hybridized carbons (Fsp3) is 0.900. The summed E-state index contributed by atoms with van der Waals surface area (Å²) in [5, 5.41) is 1.87. The molecule has 0 bridgehead atoms. The number of nitrogens with one attached hydrogen (secondary N) is 1. The van der Waals surface area contributed by atoms with Crippen molar-refractivity contribution >= 4 is 5.91 Å². The highest BCUT2D eigenvalue weighted by Crippen LogP contribution is 2.08. The van der Waals surface area contributed by atoms with Gasteiger partial charge in [-0.2, -0.15) is 0 Å². The van der Waals surface area contributed by atoms with Crippen LogP contribution in [0.5, 0.6) is 0 Å². The van der Waals surface area contributed by atoms with Crippen LogP contribution in [0.25, 0.3) is 0 Å². The van der Waals surface area contributed by atoms with E-state index in [1.165, 1.54) is 0 Å². The van der Waals surface area contributed by atoms with Gasteiger partial charge >= 0.3 is 0 Å². The van der Waals surface area contributed by atoms with Crippen LogP contribution in [0, 0.1) is 0 Å². The third kappa shape index (κ3) is 3.77. The molecule has 0 spiro atoms. The van der Waals surface area contributed by atoms with Crippen LogP contribution < -0.4 is 11.2 Å². The lowest BCUT2D eigenvalue weighted by atomic mass is 9.97. The number of ether oxygens (including phenoxy) is 1. The lowest BCUT2D eigenvalue weighted by molar-refractivity contribution is -0.133. The first-order valence-electron chi connectivity index (χ1n) is 5.49. The van der Waals surface area contributed by atoms with Gasteiger partial charge in [0.25, 0.3) is 5.91 Å². The first-order valence-corrected chi connectivity index (χ1v) is 5.49. The van der Waals surface area contributed by atoms with E-state index in [1.807, 2.05) is 11.9 Å². The number of nitrogens with two attached hydrogens (primary N) is 1. The van der Waals surface area contributed by atoms with Crippen molar-refractivity contribution in [1.29, 1.82) is 0 Å². The van der Waals surface area contributed by atoms with E-state index in [9.17, 15) is 4.79 Å². The van der Waals surface area contributed by atoms with Gasteiger partial charge in [-0.15, -0.1) is 0 Å². The van der Waals surface area contributed by atoms with E-state index in [0.29, 0.717) is 19.6 Å². The third-order valence-corrected chi connectivity index (χ3v) is 2.56. The van der Waals surface area contributed by atoms with Gasteiger partial charge in [0.1, 0.15) is 0 Å². The smallest absolute Gasteiger partial charge is 0.254 e.